The van der Waals surface area contributed by atoms with E-state index in [1.165, 1.54) is 16.8 Å². The maximum absolute atomic E-state index is 13.7. The van der Waals surface area contributed by atoms with Crippen LogP contribution in [0.5, 0.6) is 5.88 Å². The highest BCUT2D eigenvalue weighted by Gasteiger charge is 2.21. The Balaban J connectivity index is 1.86. The third kappa shape index (κ3) is 3.13. The lowest BCUT2D eigenvalue weighted by atomic mass is 10.1. The van der Waals surface area contributed by atoms with Gasteiger partial charge in [0.1, 0.15) is 24.2 Å². The number of hydrogen-bond donors (Lipinski definition) is 0. The molecule has 8 heteroatoms. The molecular formula is C19H16FN5O2. The number of fused-ring (bicyclic) bond motifs is 5. The molecule has 0 aliphatic carbocycles. The van der Waals surface area contributed by atoms with Crippen molar-refractivity contribution < 1.29 is 13.9 Å². The Morgan fingerprint density at radius 1 is 1.22 bits per heavy atom. The quantitative estimate of drug-likeness (QED) is 0.609. The van der Waals surface area contributed by atoms with E-state index in [1.54, 1.807) is 26.2 Å². The zero-order valence-corrected chi connectivity index (χ0v) is 14.9. The molecule has 0 saturated carbocycles. The van der Waals surface area contributed by atoms with Gasteiger partial charge < -0.3 is 9.47 Å². The summed E-state index contributed by atoms with van der Waals surface area (Å²) in [4.78, 5) is 8.86. The maximum Gasteiger partial charge on any atom is 0.236 e. The third-order valence-electron chi connectivity index (χ3n) is 4.42. The summed E-state index contributed by atoms with van der Waals surface area (Å²) in [5, 5.41) is 13.9. The molecule has 0 unspecified atom stereocenters. The van der Waals surface area contributed by atoms with Crippen LogP contribution in [-0.2, 0) is 31.6 Å². The average molecular weight is 365 g/mol. The lowest BCUT2D eigenvalue weighted by molar-refractivity contribution is 0.103. The molecule has 0 N–H and O–H groups in total. The fraction of sp³-hybridized carbons (Fsp3) is 0.263. The minimum absolute atomic E-state index is 0.139. The van der Waals surface area contributed by atoms with Crippen LogP contribution < -0.4 is 4.74 Å². The van der Waals surface area contributed by atoms with Crippen LogP contribution in [0.15, 0.2) is 24.4 Å². The van der Waals surface area contributed by atoms with Gasteiger partial charge >= 0.3 is 0 Å². The van der Waals surface area contributed by atoms with Crippen LogP contribution in [0.1, 0.15) is 28.2 Å². The number of halogens is 1. The Kier molecular flexibility index (Phi) is 4.30. The number of benzene rings is 1. The number of nitriles is 1. The SMILES string of the molecule is Cc1ncc2nc1OCc1cc(F)ccc1COCc1nn(C)c(C#N)c1-2. The highest BCUT2D eigenvalue weighted by molar-refractivity contribution is 5.68. The van der Waals surface area contributed by atoms with Crippen molar-refractivity contribution in [3.8, 4) is 23.2 Å². The lowest BCUT2D eigenvalue weighted by Crippen LogP contribution is -2.07. The predicted octanol–water partition coefficient (Wildman–Crippen LogP) is 2.81. The second-order valence-corrected chi connectivity index (χ2v) is 6.25. The van der Waals surface area contributed by atoms with E-state index >= 15 is 0 Å². The predicted molar refractivity (Wildman–Crippen MR) is 92.9 cm³/mol. The van der Waals surface area contributed by atoms with E-state index in [-0.39, 0.29) is 25.6 Å². The van der Waals surface area contributed by atoms with E-state index < -0.39 is 0 Å². The van der Waals surface area contributed by atoms with E-state index in [9.17, 15) is 9.65 Å². The van der Waals surface area contributed by atoms with Gasteiger partial charge in [-0.05, 0) is 30.2 Å². The van der Waals surface area contributed by atoms with Crippen LogP contribution in [-0.4, -0.2) is 19.7 Å². The Morgan fingerprint density at radius 2 is 2.07 bits per heavy atom. The molecule has 1 aliphatic rings. The molecule has 0 saturated heterocycles. The first-order chi connectivity index (χ1) is 13.1. The molecule has 27 heavy (non-hydrogen) atoms. The van der Waals surface area contributed by atoms with Crippen LogP contribution in [0.25, 0.3) is 11.3 Å². The monoisotopic (exact) mass is 365 g/mol. The number of rotatable bonds is 0. The first kappa shape index (κ1) is 17.1. The first-order valence-electron chi connectivity index (χ1n) is 8.34. The van der Waals surface area contributed by atoms with Crippen molar-refractivity contribution in [2.24, 2.45) is 7.05 Å². The fourth-order valence-electron chi connectivity index (χ4n) is 3.04. The Labute approximate surface area is 155 Å². The van der Waals surface area contributed by atoms with Crippen LogP contribution in [0.3, 0.4) is 0 Å². The molecule has 0 amide bonds. The zero-order valence-electron chi connectivity index (χ0n) is 14.9. The molecule has 4 rings (SSSR count). The number of aryl methyl sites for hydroxylation is 2. The Bertz CT molecular complexity index is 1070. The largest absolute Gasteiger partial charge is 0.471 e. The van der Waals surface area contributed by atoms with E-state index in [4.69, 9.17) is 9.47 Å². The molecule has 0 spiro atoms. The van der Waals surface area contributed by atoms with Crippen LogP contribution in [0, 0.1) is 24.1 Å². The van der Waals surface area contributed by atoms with Crippen molar-refractivity contribution in [3.05, 3.63) is 58.4 Å². The third-order valence-corrected chi connectivity index (χ3v) is 4.42. The highest BCUT2D eigenvalue weighted by atomic mass is 19.1. The molecule has 2 bridgehead atoms. The van der Waals surface area contributed by atoms with Crippen molar-refractivity contribution in [1.29, 1.82) is 5.26 Å². The summed E-state index contributed by atoms with van der Waals surface area (Å²) in [7, 11) is 1.70. The summed E-state index contributed by atoms with van der Waals surface area (Å²) in [6.07, 6.45) is 1.59. The minimum atomic E-state index is -0.341. The van der Waals surface area contributed by atoms with Gasteiger partial charge in [-0.25, -0.2) is 9.37 Å². The first-order valence-corrected chi connectivity index (χ1v) is 8.34. The van der Waals surface area contributed by atoms with Gasteiger partial charge in [0.05, 0.1) is 42.1 Å². The number of aromatic nitrogens is 4. The standard InChI is InChI=1S/C19H16FN5O2/c1-11-19-23-15(7-22-11)18-16(24-25(2)17(18)6-21)10-26-8-12-3-4-14(20)5-13(12)9-27-19/h3-5,7H,8-10H2,1-2H3. The van der Waals surface area contributed by atoms with E-state index in [2.05, 4.69) is 21.1 Å². The van der Waals surface area contributed by atoms with Crippen molar-refractivity contribution in [3.63, 3.8) is 0 Å². The van der Waals surface area contributed by atoms with Gasteiger partial charge in [-0.15, -0.1) is 0 Å². The van der Waals surface area contributed by atoms with Crippen molar-refractivity contribution in [2.75, 3.05) is 0 Å². The van der Waals surface area contributed by atoms with E-state index in [0.29, 0.717) is 39.8 Å². The van der Waals surface area contributed by atoms with Gasteiger partial charge in [0, 0.05) is 7.05 Å². The summed E-state index contributed by atoms with van der Waals surface area (Å²) in [5.74, 6) is -0.00503. The second kappa shape index (κ2) is 6.78. The average Bonchev–Trinajstić information content (AvgIpc) is 2.97. The normalized spacial score (nSPS) is 13.4. The second-order valence-electron chi connectivity index (χ2n) is 6.25. The minimum Gasteiger partial charge on any atom is -0.471 e. The summed E-state index contributed by atoms with van der Waals surface area (Å²) in [5.41, 5.74) is 4.13. The summed E-state index contributed by atoms with van der Waals surface area (Å²) >= 11 is 0. The topological polar surface area (TPSA) is 85.9 Å². The Hall–Kier alpha value is -3.31. The van der Waals surface area contributed by atoms with Gasteiger partial charge in [-0.3, -0.25) is 9.67 Å². The lowest BCUT2D eigenvalue weighted by Gasteiger charge is -2.14. The van der Waals surface area contributed by atoms with Gasteiger partial charge in [0.25, 0.3) is 0 Å². The van der Waals surface area contributed by atoms with Crippen molar-refractivity contribution in [1.82, 2.24) is 19.7 Å². The smallest absolute Gasteiger partial charge is 0.236 e. The molecule has 0 radical (unpaired) electrons. The molecule has 1 aliphatic heterocycles. The summed E-state index contributed by atoms with van der Waals surface area (Å²) in [6, 6.07) is 6.65. The van der Waals surface area contributed by atoms with E-state index in [0.717, 1.165) is 5.56 Å². The van der Waals surface area contributed by atoms with Gasteiger partial charge in [0.2, 0.25) is 5.88 Å². The zero-order chi connectivity index (χ0) is 19.0. The number of nitrogens with zero attached hydrogens (tertiary/aromatic N) is 5. The van der Waals surface area contributed by atoms with Gasteiger partial charge in [-0.1, -0.05) is 6.07 Å². The molecule has 7 nitrogen and oxygen atoms in total. The van der Waals surface area contributed by atoms with E-state index in [1.807, 2.05) is 0 Å². The Morgan fingerprint density at radius 3 is 2.89 bits per heavy atom. The van der Waals surface area contributed by atoms with Crippen molar-refractivity contribution >= 4 is 0 Å². The highest BCUT2D eigenvalue weighted by Crippen LogP contribution is 2.29. The van der Waals surface area contributed by atoms with Gasteiger partial charge in [0.15, 0.2) is 0 Å². The molecule has 3 aromatic rings. The number of ether oxygens (including phenoxy) is 2. The summed E-state index contributed by atoms with van der Waals surface area (Å²) in [6.45, 7) is 2.38. The van der Waals surface area contributed by atoms with Crippen LogP contribution in [0.4, 0.5) is 4.39 Å². The van der Waals surface area contributed by atoms with Crippen LogP contribution in [0.2, 0.25) is 0 Å². The molecule has 1 aromatic carbocycles. The molecule has 0 atom stereocenters. The van der Waals surface area contributed by atoms with Crippen LogP contribution >= 0.6 is 0 Å². The molecule has 3 heterocycles. The summed E-state index contributed by atoms with van der Waals surface area (Å²) < 4.78 is 26.8. The molecule has 2 aromatic heterocycles. The number of hydrogen-bond acceptors (Lipinski definition) is 6. The maximum atomic E-state index is 13.7. The van der Waals surface area contributed by atoms with Crippen molar-refractivity contribution in [2.45, 2.75) is 26.7 Å². The molecule has 0 fully saturated rings. The fourth-order valence-corrected chi connectivity index (χ4v) is 3.04. The van der Waals surface area contributed by atoms with Gasteiger partial charge in [-0.2, -0.15) is 10.4 Å². The molecule has 136 valence electrons. The molecular weight excluding hydrogens is 349 g/mol.